The van der Waals surface area contributed by atoms with Gasteiger partial charge in [0.1, 0.15) is 0 Å². The van der Waals surface area contributed by atoms with Gasteiger partial charge in [0.25, 0.3) is 0 Å². The van der Waals surface area contributed by atoms with Crippen molar-refractivity contribution in [3.05, 3.63) is 109 Å². The van der Waals surface area contributed by atoms with Crippen LogP contribution in [0.2, 0.25) is 0 Å². The van der Waals surface area contributed by atoms with Crippen LogP contribution in [-0.4, -0.2) is 47.5 Å². The molecule has 4 amide bonds. The van der Waals surface area contributed by atoms with Crippen molar-refractivity contribution < 1.29 is 19.2 Å². The standard InChI is InChI=1S/C33H28N4O4/c1-34-20-35(19-21-11-5-2-6-12-21)33-18-17-24(25-27(33)31(40)36(29(25)38)22-13-7-3-8-14-22)26-28(33)32(41)37(30(26)39)23-15-9-4-10-16-23/h2-18,20,24-28H,19H2,1H3. The predicted octanol–water partition coefficient (Wildman–Crippen LogP) is 3.70. The maximum absolute atomic E-state index is 14.4. The molecule has 5 aliphatic rings. The molecule has 0 N–H and O–H groups in total. The van der Waals surface area contributed by atoms with E-state index >= 15 is 0 Å². The summed E-state index contributed by atoms with van der Waals surface area (Å²) in [5.41, 5.74) is 0.633. The summed E-state index contributed by atoms with van der Waals surface area (Å²) in [4.78, 5) is 65.9. The Morgan fingerprint density at radius 2 is 1.17 bits per heavy atom. The van der Waals surface area contributed by atoms with Gasteiger partial charge in [0.2, 0.25) is 23.6 Å². The first-order chi connectivity index (χ1) is 20.0. The molecular weight excluding hydrogens is 516 g/mol. The second-order valence-corrected chi connectivity index (χ2v) is 11.0. The Kier molecular flexibility index (Phi) is 5.74. The molecule has 0 spiro atoms. The Morgan fingerprint density at radius 1 is 0.707 bits per heavy atom. The van der Waals surface area contributed by atoms with Crippen LogP contribution in [0.25, 0.3) is 0 Å². The number of aliphatic imine (C=N–C) groups is 1. The summed E-state index contributed by atoms with van der Waals surface area (Å²) < 4.78 is 0. The average molecular weight is 545 g/mol. The summed E-state index contributed by atoms with van der Waals surface area (Å²) in [6, 6.07) is 27.4. The summed E-state index contributed by atoms with van der Waals surface area (Å²) >= 11 is 0. The molecule has 8 nitrogen and oxygen atoms in total. The Bertz CT molecular complexity index is 1520. The van der Waals surface area contributed by atoms with E-state index < -0.39 is 35.1 Å². The molecule has 41 heavy (non-hydrogen) atoms. The maximum Gasteiger partial charge on any atom is 0.240 e. The number of para-hydroxylation sites is 2. The lowest BCUT2D eigenvalue weighted by Crippen LogP contribution is -2.69. The van der Waals surface area contributed by atoms with Crippen LogP contribution >= 0.6 is 0 Å². The summed E-state index contributed by atoms with van der Waals surface area (Å²) in [5.74, 6) is -5.31. The molecular formula is C33H28N4O4. The number of carbonyl (C=O) groups is 4. The van der Waals surface area contributed by atoms with Gasteiger partial charge in [0.15, 0.2) is 0 Å². The Balaban J connectivity index is 1.43. The second-order valence-electron chi connectivity index (χ2n) is 11.0. The van der Waals surface area contributed by atoms with Crippen LogP contribution in [0.5, 0.6) is 0 Å². The minimum Gasteiger partial charge on any atom is -0.348 e. The Hall–Kier alpha value is -4.85. The summed E-state index contributed by atoms with van der Waals surface area (Å²) in [6.45, 7) is 0.333. The van der Waals surface area contributed by atoms with Crippen molar-refractivity contribution in [2.24, 2.45) is 34.6 Å². The smallest absolute Gasteiger partial charge is 0.240 e. The van der Waals surface area contributed by atoms with Crippen LogP contribution in [0.15, 0.2) is 108 Å². The molecule has 8 heteroatoms. The van der Waals surface area contributed by atoms with Gasteiger partial charge in [-0.3, -0.25) is 24.2 Å². The van der Waals surface area contributed by atoms with Gasteiger partial charge >= 0.3 is 0 Å². The van der Waals surface area contributed by atoms with E-state index in [0.717, 1.165) is 5.56 Å². The van der Waals surface area contributed by atoms with Crippen molar-refractivity contribution in [3.63, 3.8) is 0 Å². The third kappa shape index (κ3) is 3.43. The fraction of sp³-hybridized carbons (Fsp3) is 0.242. The van der Waals surface area contributed by atoms with E-state index in [9.17, 15) is 19.2 Å². The van der Waals surface area contributed by atoms with Gasteiger partial charge in [-0.25, -0.2) is 9.80 Å². The van der Waals surface area contributed by atoms with Gasteiger partial charge in [0.05, 0.1) is 46.9 Å². The molecule has 1 saturated carbocycles. The Labute approximate surface area is 237 Å². The molecule has 2 aliphatic heterocycles. The lowest BCUT2D eigenvalue weighted by atomic mass is 9.50. The molecule has 3 aromatic rings. The number of anilines is 2. The first-order valence-corrected chi connectivity index (χ1v) is 13.8. The SMILES string of the molecule is CN=CN(Cc1ccccc1)C12C=CC(C3C(=O)N(c4ccccc4)C(=O)C31)C1C(=O)N(c3ccccc3)C(=O)C12. The number of imide groups is 2. The topological polar surface area (TPSA) is 90.4 Å². The fourth-order valence-electron chi connectivity index (χ4n) is 7.57. The van der Waals surface area contributed by atoms with Crippen molar-refractivity contribution in [1.82, 2.24) is 4.90 Å². The Morgan fingerprint density at radius 3 is 1.63 bits per heavy atom. The van der Waals surface area contributed by atoms with Crippen LogP contribution in [-0.2, 0) is 25.7 Å². The molecule has 3 aliphatic carbocycles. The van der Waals surface area contributed by atoms with Crippen molar-refractivity contribution in [3.8, 4) is 0 Å². The number of nitrogens with zero attached hydrogens (tertiary/aromatic N) is 4. The van der Waals surface area contributed by atoms with Crippen LogP contribution in [0.4, 0.5) is 11.4 Å². The molecule has 4 atom stereocenters. The van der Waals surface area contributed by atoms with Crippen molar-refractivity contribution >= 4 is 41.3 Å². The molecule has 0 radical (unpaired) electrons. The predicted molar refractivity (Wildman–Crippen MR) is 154 cm³/mol. The highest BCUT2D eigenvalue weighted by atomic mass is 16.2. The highest BCUT2D eigenvalue weighted by Crippen LogP contribution is 2.62. The maximum atomic E-state index is 14.4. The number of carbonyl (C=O) groups excluding carboxylic acids is 4. The number of hydrogen-bond donors (Lipinski definition) is 0. The number of allylic oxidation sites excluding steroid dienone is 1. The molecule has 0 aromatic heterocycles. The van der Waals surface area contributed by atoms with Crippen molar-refractivity contribution in [1.29, 1.82) is 0 Å². The quantitative estimate of drug-likeness (QED) is 0.204. The molecule has 2 bridgehead atoms. The highest BCUT2D eigenvalue weighted by molar-refractivity contribution is 6.27. The van der Waals surface area contributed by atoms with Crippen LogP contribution in [0.3, 0.4) is 0 Å². The molecule has 4 unspecified atom stereocenters. The molecule has 3 fully saturated rings. The van der Waals surface area contributed by atoms with Gasteiger partial charge in [0, 0.05) is 19.5 Å². The number of benzene rings is 3. The van der Waals surface area contributed by atoms with Crippen molar-refractivity contribution in [2.45, 2.75) is 12.1 Å². The summed E-state index contributed by atoms with van der Waals surface area (Å²) in [5, 5.41) is 0. The molecule has 2 heterocycles. The molecule has 8 rings (SSSR count). The van der Waals surface area contributed by atoms with E-state index in [1.807, 2.05) is 59.5 Å². The van der Waals surface area contributed by atoms with Gasteiger partial charge < -0.3 is 4.90 Å². The molecule has 2 saturated heterocycles. The molecule has 204 valence electrons. The van der Waals surface area contributed by atoms with Gasteiger partial charge in [-0.1, -0.05) is 78.9 Å². The van der Waals surface area contributed by atoms with Gasteiger partial charge in [-0.05, 0) is 29.8 Å². The first kappa shape index (κ1) is 25.1. The minimum absolute atomic E-state index is 0.333. The lowest BCUT2D eigenvalue weighted by Gasteiger charge is -2.57. The lowest BCUT2D eigenvalue weighted by molar-refractivity contribution is -0.147. The summed E-state index contributed by atoms with van der Waals surface area (Å²) in [7, 11) is 1.64. The zero-order chi connectivity index (χ0) is 28.3. The van der Waals surface area contributed by atoms with E-state index in [0.29, 0.717) is 17.9 Å². The molecule has 3 aromatic carbocycles. The van der Waals surface area contributed by atoms with Gasteiger partial charge in [-0.2, -0.15) is 0 Å². The van der Waals surface area contributed by atoms with E-state index in [2.05, 4.69) is 4.99 Å². The number of hydrogen-bond acceptors (Lipinski definition) is 5. The first-order valence-electron chi connectivity index (χ1n) is 13.8. The summed E-state index contributed by atoms with van der Waals surface area (Å²) in [6.07, 6.45) is 5.44. The zero-order valence-electron chi connectivity index (χ0n) is 22.4. The third-order valence-corrected chi connectivity index (χ3v) is 9.09. The third-order valence-electron chi connectivity index (χ3n) is 9.09. The van der Waals surface area contributed by atoms with Gasteiger partial charge in [-0.15, -0.1) is 0 Å². The minimum atomic E-state index is -1.29. The van der Waals surface area contributed by atoms with Crippen LogP contribution < -0.4 is 9.80 Å². The fourth-order valence-corrected chi connectivity index (χ4v) is 7.57. The number of amides is 4. The van der Waals surface area contributed by atoms with E-state index in [-0.39, 0.29) is 23.6 Å². The number of rotatable bonds is 6. The van der Waals surface area contributed by atoms with Crippen molar-refractivity contribution in [2.75, 3.05) is 16.8 Å². The van der Waals surface area contributed by atoms with E-state index in [4.69, 9.17) is 0 Å². The highest BCUT2D eigenvalue weighted by Gasteiger charge is 2.76. The normalized spacial score (nSPS) is 29.9. The van der Waals surface area contributed by atoms with E-state index in [1.54, 1.807) is 61.9 Å². The monoisotopic (exact) mass is 544 g/mol. The van der Waals surface area contributed by atoms with E-state index in [1.165, 1.54) is 9.80 Å². The largest absolute Gasteiger partial charge is 0.348 e. The van der Waals surface area contributed by atoms with Crippen LogP contribution in [0, 0.1) is 29.6 Å². The second kappa shape index (κ2) is 9.37. The zero-order valence-corrected chi connectivity index (χ0v) is 22.4. The average Bonchev–Trinajstić information content (AvgIpc) is 3.45. The van der Waals surface area contributed by atoms with Crippen LogP contribution in [0.1, 0.15) is 5.56 Å².